The first-order valence-electron chi connectivity index (χ1n) is 6.60. The summed E-state index contributed by atoms with van der Waals surface area (Å²) in [6.07, 6.45) is -0.206. The maximum atomic E-state index is 11.7. The minimum atomic E-state index is -0.875. The van der Waals surface area contributed by atoms with Gasteiger partial charge in [0.25, 0.3) is 0 Å². The van der Waals surface area contributed by atoms with Crippen LogP contribution in [0.3, 0.4) is 0 Å². The number of carbonyl (C=O) groups excluding carboxylic acids is 1. The SMILES string of the molecule is Cc1nc(NC(=O)OC(C)(C)C)sc1CC(C)(C)C(=O)O. The number of hydrogen-bond acceptors (Lipinski definition) is 5. The number of aromatic nitrogens is 1. The molecule has 1 aromatic heterocycles. The molecule has 0 spiro atoms. The molecule has 0 bridgehead atoms. The topological polar surface area (TPSA) is 88.5 Å². The number of rotatable bonds is 4. The number of aliphatic carboxylic acids is 1. The summed E-state index contributed by atoms with van der Waals surface area (Å²) in [5.74, 6) is -0.864. The Balaban J connectivity index is 2.79. The number of ether oxygens (including phenoxy) is 1. The number of nitrogens with zero attached hydrogens (tertiary/aromatic N) is 1. The number of carboxylic acid groups (broad SMARTS) is 1. The van der Waals surface area contributed by atoms with E-state index in [1.807, 2.05) is 0 Å². The standard InChI is InChI=1S/C14H22N2O4S/c1-8-9(7-14(5,6)10(17)18)21-11(15-8)16-12(19)20-13(2,3)4/h7H2,1-6H3,(H,17,18)(H,15,16,19). The monoisotopic (exact) mass is 314 g/mol. The Hall–Kier alpha value is -1.63. The molecular weight excluding hydrogens is 292 g/mol. The zero-order chi connectivity index (χ0) is 16.4. The number of carboxylic acids is 1. The van der Waals surface area contributed by atoms with Gasteiger partial charge in [0.2, 0.25) is 0 Å². The zero-order valence-corrected chi connectivity index (χ0v) is 14.1. The Bertz CT molecular complexity index is 544. The van der Waals surface area contributed by atoms with Gasteiger partial charge >= 0.3 is 12.1 Å². The molecule has 118 valence electrons. The molecule has 0 aliphatic carbocycles. The van der Waals surface area contributed by atoms with E-state index < -0.39 is 23.1 Å². The van der Waals surface area contributed by atoms with Crippen LogP contribution < -0.4 is 5.32 Å². The first kappa shape index (κ1) is 17.4. The first-order chi connectivity index (χ1) is 9.40. The van der Waals surface area contributed by atoms with Crippen LogP contribution in [0.15, 0.2) is 0 Å². The minimum absolute atomic E-state index is 0.363. The lowest BCUT2D eigenvalue weighted by molar-refractivity contribution is -0.146. The molecule has 21 heavy (non-hydrogen) atoms. The molecule has 1 amide bonds. The summed E-state index contributed by atoms with van der Waals surface area (Å²) in [7, 11) is 0. The highest BCUT2D eigenvalue weighted by molar-refractivity contribution is 7.15. The molecule has 0 saturated carbocycles. The van der Waals surface area contributed by atoms with Crippen LogP contribution >= 0.6 is 11.3 Å². The second kappa shape index (κ2) is 6.01. The van der Waals surface area contributed by atoms with Crippen LogP contribution in [0.2, 0.25) is 0 Å². The summed E-state index contributed by atoms with van der Waals surface area (Å²) < 4.78 is 5.15. The van der Waals surface area contributed by atoms with Gasteiger partial charge in [-0.05, 0) is 48.0 Å². The Morgan fingerprint density at radius 3 is 2.33 bits per heavy atom. The third-order valence-corrected chi connectivity index (χ3v) is 3.75. The quantitative estimate of drug-likeness (QED) is 0.888. The summed E-state index contributed by atoms with van der Waals surface area (Å²) in [6, 6.07) is 0. The zero-order valence-electron chi connectivity index (χ0n) is 13.2. The number of amides is 1. The van der Waals surface area contributed by atoms with Crippen molar-refractivity contribution in [1.82, 2.24) is 4.98 Å². The summed E-state index contributed by atoms with van der Waals surface area (Å²) in [5, 5.41) is 12.2. The molecule has 7 heteroatoms. The Labute approximate surface area is 128 Å². The van der Waals surface area contributed by atoms with Crippen molar-refractivity contribution in [3.8, 4) is 0 Å². The lowest BCUT2D eigenvalue weighted by Crippen LogP contribution is -2.27. The van der Waals surface area contributed by atoms with Gasteiger partial charge in [-0.1, -0.05) is 0 Å². The van der Waals surface area contributed by atoms with E-state index in [4.69, 9.17) is 9.84 Å². The van der Waals surface area contributed by atoms with Crippen LogP contribution in [0.5, 0.6) is 0 Å². The second-order valence-electron chi connectivity index (χ2n) is 6.52. The van der Waals surface area contributed by atoms with Gasteiger partial charge in [0.05, 0.1) is 11.1 Å². The number of thiazole rings is 1. The van der Waals surface area contributed by atoms with Crippen molar-refractivity contribution >= 4 is 28.5 Å². The molecule has 0 atom stereocenters. The van der Waals surface area contributed by atoms with E-state index in [1.165, 1.54) is 11.3 Å². The third kappa shape index (κ3) is 5.34. The van der Waals surface area contributed by atoms with Crippen molar-refractivity contribution in [2.24, 2.45) is 5.41 Å². The van der Waals surface area contributed by atoms with Crippen LogP contribution in [0.25, 0.3) is 0 Å². The Kier molecular flexibility index (Phi) is 4.99. The van der Waals surface area contributed by atoms with Crippen LogP contribution in [0.1, 0.15) is 45.2 Å². The van der Waals surface area contributed by atoms with E-state index in [9.17, 15) is 9.59 Å². The molecule has 0 aliphatic rings. The number of hydrogen-bond donors (Lipinski definition) is 2. The normalized spacial score (nSPS) is 12.1. The molecule has 0 saturated heterocycles. The van der Waals surface area contributed by atoms with Gasteiger partial charge in [-0.15, -0.1) is 11.3 Å². The summed E-state index contributed by atoms with van der Waals surface area (Å²) in [5.41, 5.74) is -0.731. The molecule has 0 aliphatic heterocycles. The highest BCUT2D eigenvalue weighted by Gasteiger charge is 2.29. The molecule has 0 aromatic carbocycles. The van der Waals surface area contributed by atoms with E-state index in [0.29, 0.717) is 11.6 Å². The Morgan fingerprint density at radius 1 is 1.29 bits per heavy atom. The molecule has 0 radical (unpaired) electrons. The lowest BCUT2D eigenvalue weighted by Gasteiger charge is -2.19. The molecule has 1 aromatic rings. The summed E-state index contributed by atoms with van der Waals surface area (Å²) >= 11 is 1.27. The molecule has 1 heterocycles. The Morgan fingerprint density at radius 2 is 1.86 bits per heavy atom. The summed E-state index contributed by atoms with van der Waals surface area (Å²) in [6.45, 7) is 10.5. The maximum absolute atomic E-state index is 11.7. The number of aryl methyl sites for hydroxylation is 1. The lowest BCUT2D eigenvalue weighted by atomic mass is 9.88. The van der Waals surface area contributed by atoms with Crippen molar-refractivity contribution in [2.75, 3.05) is 5.32 Å². The van der Waals surface area contributed by atoms with Crippen LogP contribution in [0.4, 0.5) is 9.93 Å². The molecule has 1 rings (SSSR count). The van der Waals surface area contributed by atoms with Gasteiger partial charge in [0.15, 0.2) is 5.13 Å². The van der Waals surface area contributed by atoms with E-state index in [2.05, 4.69) is 10.3 Å². The second-order valence-corrected chi connectivity index (χ2v) is 7.60. The number of carbonyl (C=O) groups is 2. The highest BCUT2D eigenvalue weighted by Crippen LogP contribution is 2.30. The van der Waals surface area contributed by atoms with Crippen molar-refractivity contribution in [2.45, 2.75) is 53.6 Å². The van der Waals surface area contributed by atoms with Crippen molar-refractivity contribution in [3.63, 3.8) is 0 Å². The average molecular weight is 314 g/mol. The van der Waals surface area contributed by atoms with Crippen molar-refractivity contribution < 1.29 is 19.4 Å². The van der Waals surface area contributed by atoms with Gasteiger partial charge in [-0.2, -0.15) is 0 Å². The number of nitrogens with one attached hydrogen (secondary N) is 1. The van der Waals surface area contributed by atoms with Crippen LogP contribution in [0, 0.1) is 12.3 Å². The third-order valence-electron chi connectivity index (χ3n) is 2.68. The van der Waals surface area contributed by atoms with Crippen molar-refractivity contribution in [1.29, 1.82) is 0 Å². The van der Waals surface area contributed by atoms with Crippen LogP contribution in [-0.2, 0) is 16.0 Å². The van der Waals surface area contributed by atoms with E-state index in [-0.39, 0.29) is 0 Å². The predicted molar refractivity (Wildman–Crippen MR) is 81.8 cm³/mol. The fourth-order valence-electron chi connectivity index (χ4n) is 1.51. The molecule has 0 unspecified atom stereocenters. The van der Waals surface area contributed by atoms with Crippen LogP contribution in [-0.4, -0.2) is 27.8 Å². The van der Waals surface area contributed by atoms with Gasteiger partial charge < -0.3 is 9.84 Å². The van der Waals surface area contributed by atoms with Gasteiger partial charge in [0.1, 0.15) is 5.60 Å². The molecule has 6 nitrogen and oxygen atoms in total. The van der Waals surface area contributed by atoms with E-state index >= 15 is 0 Å². The largest absolute Gasteiger partial charge is 0.481 e. The predicted octanol–water partition coefficient (Wildman–Crippen LogP) is 3.45. The average Bonchev–Trinajstić information content (AvgIpc) is 2.54. The molecular formula is C14H22N2O4S. The highest BCUT2D eigenvalue weighted by atomic mass is 32.1. The van der Waals surface area contributed by atoms with Gasteiger partial charge in [-0.3, -0.25) is 10.1 Å². The minimum Gasteiger partial charge on any atom is -0.481 e. The van der Waals surface area contributed by atoms with Gasteiger partial charge in [-0.25, -0.2) is 9.78 Å². The molecule has 0 fully saturated rings. The van der Waals surface area contributed by atoms with Gasteiger partial charge in [0, 0.05) is 4.88 Å². The fourth-order valence-corrected chi connectivity index (χ4v) is 2.69. The first-order valence-corrected chi connectivity index (χ1v) is 7.42. The summed E-state index contributed by atoms with van der Waals surface area (Å²) in [4.78, 5) is 27.9. The van der Waals surface area contributed by atoms with Crippen molar-refractivity contribution in [3.05, 3.63) is 10.6 Å². The van der Waals surface area contributed by atoms with E-state index in [1.54, 1.807) is 41.5 Å². The maximum Gasteiger partial charge on any atom is 0.413 e. The fraction of sp³-hybridized carbons (Fsp3) is 0.643. The molecule has 2 N–H and O–H groups in total. The smallest absolute Gasteiger partial charge is 0.413 e. The number of anilines is 1. The van der Waals surface area contributed by atoms with E-state index in [0.717, 1.165) is 10.6 Å².